The molecule has 3 N–H and O–H groups in total. The minimum atomic E-state index is -0.191. The number of aryl methyl sites for hydroxylation is 2. The lowest BCUT2D eigenvalue weighted by Gasteiger charge is -2.31. The predicted octanol–water partition coefficient (Wildman–Crippen LogP) is 3.26. The summed E-state index contributed by atoms with van der Waals surface area (Å²) < 4.78 is 10.6. The lowest BCUT2D eigenvalue weighted by molar-refractivity contribution is -0.117. The molecule has 0 radical (unpaired) electrons. The Morgan fingerprint density at radius 1 is 0.935 bits per heavy atom. The summed E-state index contributed by atoms with van der Waals surface area (Å²) in [4.78, 5) is 26.8. The molecule has 2 aromatic rings. The Kier molecular flexibility index (Phi) is 6.27. The number of carbonyl (C=O) groups is 2. The summed E-state index contributed by atoms with van der Waals surface area (Å²) in [7, 11) is 0. The van der Waals surface area contributed by atoms with Gasteiger partial charge in [-0.3, -0.25) is 9.69 Å². The van der Waals surface area contributed by atoms with Crippen LogP contribution in [0.1, 0.15) is 24.0 Å². The second kappa shape index (κ2) is 9.26. The number of anilines is 2. The van der Waals surface area contributed by atoms with Crippen LogP contribution in [0.15, 0.2) is 36.4 Å². The average Bonchev–Trinajstić information content (AvgIpc) is 3.16. The van der Waals surface area contributed by atoms with Crippen molar-refractivity contribution >= 4 is 23.3 Å². The topological polar surface area (TPSA) is 91.9 Å². The third kappa shape index (κ3) is 5.67. The SMILES string of the molecule is Cc1cc(C)cc(NC(=O)NC2CCN(CC(=O)Nc3ccc4c(c3)OCO4)CC2)c1. The van der Waals surface area contributed by atoms with Crippen LogP contribution in [0, 0.1) is 13.8 Å². The van der Waals surface area contributed by atoms with E-state index in [0.717, 1.165) is 42.7 Å². The second-order valence-corrected chi connectivity index (χ2v) is 8.14. The van der Waals surface area contributed by atoms with Gasteiger partial charge in [-0.25, -0.2) is 4.79 Å². The molecule has 3 amide bonds. The fourth-order valence-corrected chi connectivity index (χ4v) is 4.01. The van der Waals surface area contributed by atoms with Crippen molar-refractivity contribution in [3.8, 4) is 11.5 Å². The lowest BCUT2D eigenvalue weighted by atomic mass is 10.1. The van der Waals surface area contributed by atoms with E-state index in [1.54, 1.807) is 18.2 Å². The summed E-state index contributed by atoms with van der Waals surface area (Å²) in [5, 5.41) is 8.86. The molecular weight excluding hydrogens is 396 g/mol. The highest BCUT2D eigenvalue weighted by molar-refractivity contribution is 5.92. The highest BCUT2D eigenvalue weighted by Crippen LogP contribution is 2.34. The zero-order valence-corrected chi connectivity index (χ0v) is 17.9. The molecule has 164 valence electrons. The van der Waals surface area contributed by atoms with E-state index in [2.05, 4.69) is 26.9 Å². The summed E-state index contributed by atoms with van der Waals surface area (Å²) in [5.41, 5.74) is 3.71. The Balaban J connectivity index is 1.19. The molecule has 2 heterocycles. The fourth-order valence-electron chi connectivity index (χ4n) is 4.01. The van der Waals surface area contributed by atoms with Gasteiger partial charge in [0.15, 0.2) is 11.5 Å². The molecule has 31 heavy (non-hydrogen) atoms. The third-order valence-corrected chi connectivity index (χ3v) is 5.43. The van der Waals surface area contributed by atoms with E-state index in [-0.39, 0.29) is 24.8 Å². The number of amides is 3. The Hall–Kier alpha value is -3.26. The first kappa shape index (κ1) is 21.0. The van der Waals surface area contributed by atoms with Crippen molar-refractivity contribution in [3.05, 3.63) is 47.5 Å². The Labute approximate surface area is 181 Å². The average molecular weight is 425 g/mol. The molecule has 1 saturated heterocycles. The molecule has 2 aliphatic heterocycles. The van der Waals surface area contributed by atoms with Gasteiger partial charge in [-0.05, 0) is 62.1 Å². The van der Waals surface area contributed by atoms with Crippen molar-refractivity contribution in [2.45, 2.75) is 32.7 Å². The van der Waals surface area contributed by atoms with Crippen molar-refractivity contribution in [1.29, 1.82) is 0 Å². The first-order valence-electron chi connectivity index (χ1n) is 10.5. The number of carbonyl (C=O) groups excluding carboxylic acids is 2. The number of hydrogen-bond acceptors (Lipinski definition) is 5. The molecule has 2 aliphatic rings. The molecule has 0 aliphatic carbocycles. The fraction of sp³-hybridized carbons (Fsp3) is 0.391. The van der Waals surface area contributed by atoms with Crippen LogP contribution in [0.4, 0.5) is 16.2 Å². The Bertz CT molecular complexity index is 950. The summed E-state index contributed by atoms with van der Waals surface area (Å²) in [6.45, 7) is 6.05. The maximum Gasteiger partial charge on any atom is 0.319 e. The van der Waals surface area contributed by atoms with Crippen LogP contribution >= 0.6 is 0 Å². The third-order valence-electron chi connectivity index (χ3n) is 5.43. The molecule has 0 saturated carbocycles. The lowest BCUT2D eigenvalue weighted by Crippen LogP contribution is -2.47. The molecule has 0 unspecified atom stereocenters. The number of urea groups is 1. The van der Waals surface area contributed by atoms with Gasteiger partial charge >= 0.3 is 6.03 Å². The molecule has 0 atom stereocenters. The van der Waals surface area contributed by atoms with Crippen molar-refractivity contribution < 1.29 is 19.1 Å². The van der Waals surface area contributed by atoms with Crippen molar-refractivity contribution in [1.82, 2.24) is 10.2 Å². The van der Waals surface area contributed by atoms with E-state index in [0.29, 0.717) is 23.7 Å². The number of hydrogen-bond donors (Lipinski definition) is 3. The van der Waals surface area contributed by atoms with Crippen LogP contribution in [-0.4, -0.2) is 49.3 Å². The number of benzene rings is 2. The van der Waals surface area contributed by atoms with Crippen LogP contribution in [-0.2, 0) is 4.79 Å². The molecule has 0 aromatic heterocycles. The molecule has 8 nitrogen and oxygen atoms in total. The summed E-state index contributed by atoms with van der Waals surface area (Å²) in [5.74, 6) is 1.26. The van der Waals surface area contributed by atoms with Gasteiger partial charge in [-0.1, -0.05) is 6.07 Å². The predicted molar refractivity (Wildman–Crippen MR) is 119 cm³/mol. The minimum absolute atomic E-state index is 0.0714. The monoisotopic (exact) mass is 424 g/mol. The van der Waals surface area contributed by atoms with Crippen molar-refractivity contribution in [3.63, 3.8) is 0 Å². The molecule has 8 heteroatoms. The smallest absolute Gasteiger partial charge is 0.319 e. The highest BCUT2D eigenvalue weighted by atomic mass is 16.7. The number of nitrogens with zero attached hydrogens (tertiary/aromatic N) is 1. The molecule has 1 fully saturated rings. The van der Waals surface area contributed by atoms with Gasteiger partial charge in [0.25, 0.3) is 0 Å². The van der Waals surface area contributed by atoms with Crippen molar-refractivity contribution in [2.75, 3.05) is 37.1 Å². The second-order valence-electron chi connectivity index (χ2n) is 8.14. The van der Waals surface area contributed by atoms with Crippen LogP contribution in [0.5, 0.6) is 11.5 Å². The standard InChI is InChI=1S/C23H28N4O4/c1-15-9-16(2)11-19(10-15)26-23(29)25-17-5-7-27(8-6-17)13-22(28)24-18-3-4-20-21(12-18)31-14-30-20/h3-4,9-12,17H,5-8,13-14H2,1-2H3,(H,24,28)(H2,25,26,29). The Morgan fingerprint density at radius 2 is 1.65 bits per heavy atom. The maximum absolute atomic E-state index is 12.4. The number of likely N-dealkylation sites (tertiary alicyclic amines) is 1. The molecule has 0 bridgehead atoms. The molecule has 0 spiro atoms. The number of rotatable bonds is 5. The van der Waals surface area contributed by atoms with E-state index in [1.807, 2.05) is 26.0 Å². The molecule has 4 rings (SSSR count). The van der Waals surface area contributed by atoms with Gasteiger partial charge < -0.3 is 25.4 Å². The number of piperidine rings is 1. The van der Waals surface area contributed by atoms with Crippen molar-refractivity contribution in [2.24, 2.45) is 0 Å². The molecule has 2 aromatic carbocycles. The normalized spacial score (nSPS) is 16.1. The number of nitrogens with one attached hydrogen (secondary N) is 3. The van der Waals surface area contributed by atoms with Gasteiger partial charge in [0.05, 0.1) is 6.54 Å². The van der Waals surface area contributed by atoms with Crippen LogP contribution in [0.25, 0.3) is 0 Å². The van der Waals surface area contributed by atoms with E-state index in [1.165, 1.54) is 0 Å². The quantitative estimate of drug-likeness (QED) is 0.685. The first-order valence-corrected chi connectivity index (χ1v) is 10.5. The van der Waals surface area contributed by atoms with Gasteiger partial charge in [0.1, 0.15) is 0 Å². The van der Waals surface area contributed by atoms with Crippen LogP contribution < -0.4 is 25.4 Å². The van der Waals surface area contributed by atoms with E-state index < -0.39 is 0 Å². The zero-order chi connectivity index (χ0) is 21.8. The molecular formula is C23H28N4O4. The Morgan fingerprint density at radius 3 is 2.39 bits per heavy atom. The van der Waals surface area contributed by atoms with Gasteiger partial charge in [-0.2, -0.15) is 0 Å². The minimum Gasteiger partial charge on any atom is -0.454 e. The van der Waals surface area contributed by atoms with Crippen LogP contribution in [0.3, 0.4) is 0 Å². The van der Waals surface area contributed by atoms with E-state index in [9.17, 15) is 9.59 Å². The van der Waals surface area contributed by atoms with Gasteiger partial charge in [0.2, 0.25) is 12.7 Å². The maximum atomic E-state index is 12.4. The first-order chi connectivity index (χ1) is 14.9. The highest BCUT2D eigenvalue weighted by Gasteiger charge is 2.22. The van der Waals surface area contributed by atoms with Crippen LogP contribution in [0.2, 0.25) is 0 Å². The van der Waals surface area contributed by atoms with E-state index >= 15 is 0 Å². The number of fused-ring (bicyclic) bond motifs is 1. The summed E-state index contributed by atoms with van der Waals surface area (Å²) >= 11 is 0. The van der Waals surface area contributed by atoms with Gasteiger partial charge in [0, 0.05) is 36.6 Å². The van der Waals surface area contributed by atoms with Gasteiger partial charge in [-0.15, -0.1) is 0 Å². The number of ether oxygens (including phenoxy) is 2. The zero-order valence-electron chi connectivity index (χ0n) is 17.9. The summed E-state index contributed by atoms with van der Waals surface area (Å²) in [6, 6.07) is 11.2. The largest absolute Gasteiger partial charge is 0.454 e. The van der Waals surface area contributed by atoms with E-state index in [4.69, 9.17) is 9.47 Å². The summed E-state index contributed by atoms with van der Waals surface area (Å²) in [6.07, 6.45) is 1.61.